The Morgan fingerprint density at radius 2 is 1.88 bits per heavy atom. The second-order valence-electron chi connectivity index (χ2n) is 7.01. The lowest BCUT2D eigenvalue weighted by atomic mass is 10.1. The summed E-state index contributed by atoms with van der Waals surface area (Å²) in [4.78, 5) is 16.8. The third-order valence-corrected chi connectivity index (χ3v) is 5.04. The Labute approximate surface area is 143 Å². The molecule has 1 aromatic rings. The monoisotopic (exact) mass is 327 g/mol. The maximum atomic E-state index is 12.2. The molecule has 5 nitrogen and oxygen atoms in total. The number of piperazine rings is 1. The summed E-state index contributed by atoms with van der Waals surface area (Å²) in [6.45, 7) is 7.18. The van der Waals surface area contributed by atoms with Crippen LogP contribution in [0, 0.1) is 17.2 Å². The zero-order valence-corrected chi connectivity index (χ0v) is 14.4. The van der Waals surface area contributed by atoms with Crippen LogP contribution in [0.5, 0.6) is 5.75 Å². The number of hydrogen-bond acceptors (Lipinski definition) is 4. The van der Waals surface area contributed by atoms with Crippen molar-refractivity contribution >= 4 is 5.91 Å². The van der Waals surface area contributed by atoms with Crippen molar-refractivity contribution in [3.63, 3.8) is 0 Å². The largest absolute Gasteiger partial charge is 0.492 e. The average Bonchev–Trinajstić information content (AvgIpc) is 2.82. The molecular formula is C19H25N3O2. The first kappa shape index (κ1) is 16.8. The van der Waals surface area contributed by atoms with Gasteiger partial charge in [0, 0.05) is 37.6 Å². The van der Waals surface area contributed by atoms with Crippen LogP contribution in [0.3, 0.4) is 0 Å². The predicted molar refractivity (Wildman–Crippen MR) is 91.6 cm³/mol. The van der Waals surface area contributed by atoms with Gasteiger partial charge in [-0.3, -0.25) is 9.69 Å². The highest BCUT2D eigenvalue weighted by Gasteiger charge is 2.41. The number of rotatable bonds is 5. The number of carbonyl (C=O) groups excluding carboxylic acids is 1. The summed E-state index contributed by atoms with van der Waals surface area (Å²) in [7, 11) is 0. The molecule has 0 radical (unpaired) electrons. The maximum absolute atomic E-state index is 12.2. The summed E-state index contributed by atoms with van der Waals surface area (Å²) in [5.41, 5.74) is 0.645. The van der Waals surface area contributed by atoms with E-state index in [4.69, 9.17) is 10.00 Å². The number of nitrogens with zero attached hydrogens (tertiary/aromatic N) is 3. The number of fused-ring (bicyclic) bond motifs is 2. The van der Waals surface area contributed by atoms with Crippen LogP contribution in [-0.2, 0) is 4.79 Å². The molecule has 2 heterocycles. The zero-order chi connectivity index (χ0) is 17.1. The summed E-state index contributed by atoms with van der Waals surface area (Å²) < 4.78 is 5.81. The Kier molecular flexibility index (Phi) is 5.06. The number of ether oxygens (including phenoxy) is 1. The molecule has 1 aromatic carbocycles. The van der Waals surface area contributed by atoms with Crippen molar-refractivity contribution in [2.45, 2.75) is 38.8 Å². The minimum absolute atomic E-state index is 0.0793. The first-order chi connectivity index (χ1) is 11.6. The number of nitriles is 1. The lowest BCUT2D eigenvalue weighted by Gasteiger charge is -2.41. The molecule has 3 rings (SSSR count). The number of hydrogen-bond donors (Lipinski definition) is 0. The molecule has 0 saturated carbocycles. The third kappa shape index (κ3) is 3.54. The van der Waals surface area contributed by atoms with Gasteiger partial charge >= 0.3 is 0 Å². The van der Waals surface area contributed by atoms with E-state index in [2.05, 4.69) is 11.0 Å². The fourth-order valence-corrected chi connectivity index (χ4v) is 3.80. The second kappa shape index (κ2) is 7.23. The van der Waals surface area contributed by atoms with Gasteiger partial charge in [0.05, 0.1) is 11.6 Å². The first-order valence-electron chi connectivity index (χ1n) is 8.76. The van der Waals surface area contributed by atoms with Gasteiger partial charge in [0.2, 0.25) is 5.91 Å². The van der Waals surface area contributed by atoms with Gasteiger partial charge in [-0.25, -0.2) is 0 Å². The lowest BCUT2D eigenvalue weighted by molar-refractivity contribution is -0.138. The summed E-state index contributed by atoms with van der Waals surface area (Å²) in [5.74, 6) is 1.16. The summed E-state index contributed by atoms with van der Waals surface area (Å²) in [6, 6.07) is 10.3. The Balaban J connectivity index is 1.50. The number of amides is 1. The molecule has 2 fully saturated rings. The minimum atomic E-state index is 0.0793. The molecule has 2 saturated heterocycles. The molecule has 2 aliphatic heterocycles. The van der Waals surface area contributed by atoms with E-state index in [1.807, 2.05) is 30.9 Å². The molecule has 24 heavy (non-hydrogen) atoms. The molecule has 128 valence electrons. The molecule has 2 aliphatic rings. The first-order valence-corrected chi connectivity index (χ1v) is 8.76. The number of carbonyl (C=O) groups is 1. The number of benzene rings is 1. The van der Waals surface area contributed by atoms with E-state index in [0.717, 1.165) is 25.4 Å². The predicted octanol–water partition coefficient (Wildman–Crippen LogP) is 2.27. The highest BCUT2D eigenvalue weighted by atomic mass is 16.5. The summed E-state index contributed by atoms with van der Waals surface area (Å²) in [6.07, 6.45) is 2.34. The summed E-state index contributed by atoms with van der Waals surface area (Å²) in [5, 5.41) is 8.81. The smallest absolute Gasteiger partial charge is 0.225 e. The molecule has 0 aromatic heterocycles. The van der Waals surface area contributed by atoms with Crippen molar-refractivity contribution in [3.8, 4) is 11.8 Å². The second-order valence-corrected chi connectivity index (χ2v) is 7.01. The zero-order valence-electron chi connectivity index (χ0n) is 14.4. The SMILES string of the molecule is CC(C)C(=O)N1CC2CCC(C1)N2CCOc1ccc(C#N)cc1. The molecule has 1 amide bonds. The highest BCUT2D eigenvalue weighted by molar-refractivity contribution is 5.78. The standard InChI is InChI=1S/C19H25N3O2/c1-14(2)19(23)21-12-16-5-6-17(13-21)22(16)9-10-24-18-7-3-15(11-20)4-8-18/h3-4,7-8,14,16-17H,5-6,9-10,12-13H2,1-2H3. The van der Waals surface area contributed by atoms with E-state index in [1.165, 1.54) is 12.8 Å². The molecule has 0 spiro atoms. The Morgan fingerprint density at radius 1 is 1.25 bits per heavy atom. The van der Waals surface area contributed by atoms with E-state index < -0.39 is 0 Å². The third-order valence-electron chi connectivity index (χ3n) is 5.04. The van der Waals surface area contributed by atoms with Crippen LogP contribution in [0.15, 0.2) is 24.3 Å². The van der Waals surface area contributed by atoms with E-state index in [9.17, 15) is 4.79 Å². The fraction of sp³-hybridized carbons (Fsp3) is 0.579. The normalized spacial score (nSPS) is 23.3. The van der Waals surface area contributed by atoms with Crippen molar-refractivity contribution in [3.05, 3.63) is 29.8 Å². The van der Waals surface area contributed by atoms with Crippen molar-refractivity contribution in [2.75, 3.05) is 26.2 Å². The Hall–Kier alpha value is -2.06. The van der Waals surface area contributed by atoms with Gasteiger partial charge < -0.3 is 9.64 Å². The van der Waals surface area contributed by atoms with Crippen LogP contribution in [-0.4, -0.2) is 54.0 Å². The van der Waals surface area contributed by atoms with Crippen LogP contribution in [0.1, 0.15) is 32.3 Å². The molecule has 2 bridgehead atoms. The van der Waals surface area contributed by atoms with E-state index in [-0.39, 0.29) is 11.8 Å². The number of likely N-dealkylation sites (tertiary alicyclic amines) is 1. The van der Waals surface area contributed by atoms with Crippen LogP contribution >= 0.6 is 0 Å². The minimum Gasteiger partial charge on any atom is -0.492 e. The summed E-state index contributed by atoms with van der Waals surface area (Å²) >= 11 is 0. The van der Waals surface area contributed by atoms with Gasteiger partial charge in [-0.2, -0.15) is 5.26 Å². The van der Waals surface area contributed by atoms with Gasteiger partial charge in [0.1, 0.15) is 12.4 Å². The van der Waals surface area contributed by atoms with Gasteiger partial charge in [0.15, 0.2) is 0 Å². The lowest BCUT2D eigenvalue weighted by Crippen LogP contribution is -2.56. The molecule has 2 unspecified atom stereocenters. The molecule has 0 aliphatic carbocycles. The Bertz CT molecular complexity index is 606. The van der Waals surface area contributed by atoms with Gasteiger partial charge in [-0.15, -0.1) is 0 Å². The van der Waals surface area contributed by atoms with Gasteiger partial charge in [-0.1, -0.05) is 13.8 Å². The van der Waals surface area contributed by atoms with Crippen LogP contribution < -0.4 is 4.74 Å². The van der Waals surface area contributed by atoms with Gasteiger partial charge in [0.25, 0.3) is 0 Å². The van der Waals surface area contributed by atoms with Crippen molar-refractivity contribution in [1.29, 1.82) is 5.26 Å². The molecule has 5 heteroatoms. The van der Waals surface area contributed by atoms with Gasteiger partial charge in [-0.05, 0) is 37.1 Å². The van der Waals surface area contributed by atoms with Crippen LogP contribution in [0.4, 0.5) is 0 Å². The topological polar surface area (TPSA) is 56.6 Å². The van der Waals surface area contributed by atoms with Crippen molar-refractivity contribution < 1.29 is 9.53 Å². The fourth-order valence-electron chi connectivity index (χ4n) is 3.80. The van der Waals surface area contributed by atoms with Crippen molar-refractivity contribution in [2.24, 2.45) is 5.92 Å². The Morgan fingerprint density at radius 3 is 2.42 bits per heavy atom. The van der Waals surface area contributed by atoms with Crippen LogP contribution in [0.2, 0.25) is 0 Å². The maximum Gasteiger partial charge on any atom is 0.225 e. The quantitative estimate of drug-likeness (QED) is 0.832. The molecule has 2 atom stereocenters. The van der Waals surface area contributed by atoms with Crippen molar-refractivity contribution in [1.82, 2.24) is 9.80 Å². The van der Waals surface area contributed by atoms with E-state index in [0.29, 0.717) is 24.3 Å². The average molecular weight is 327 g/mol. The van der Waals surface area contributed by atoms with Crippen LogP contribution in [0.25, 0.3) is 0 Å². The molecular weight excluding hydrogens is 302 g/mol. The molecule has 0 N–H and O–H groups in total. The highest BCUT2D eigenvalue weighted by Crippen LogP contribution is 2.30. The van der Waals surface area contributed by atoms with E-state index >= 15 is 0 Å². The van der Waals surface area contributed by atoms with E-state index in [1.54, 1.807) is 12.1 Å².